The highest BCUT2D eigenvalue weighted by Gasteiger charge is 2.12. The molecule has 4 nitrogen and oxygen atoms in total. The van der Waals surface area contributed by atoms with Crippen LogP contribution in [0.25, 0.3) is 0 Å². The van der Waals surface area contributed by atoms with E-state index in [0.717, 1.165) is 30.4 Å². The maximum atomic E-state index is 5.72. The van der Waals surface area contributed by atoms with Crippen LogP contribution in [-0.2, 0) is 19.6 Å². The van der Waals surface area contributed by atoms with Gasteiger partial charge >= 0.3 is 0 Å². The zero-order valence-corrected chi connectivity index (χ0v) is 11.3. The number of hydrogen-bond donors (Lipinski definition) is 0. The summed E-state index contributed by atoms with van der Waals surface area (Å²) in [7, 11) is 0. The van der Waals surface area contributed by atoms with Crippen molar-refractivity contribution in [2.75, 3.05) is 0 Å². The maximum Gasteiger partial charge on any atom is 0.188 e. The Morgan fingerprint density at radius 3 is 2.84 bits per heavy atom. The van der Waals surface area contributed by atoms with Gasteiger partial charge in [0.2, 0.25) is 0 Å². The van der Waals surface area contributed by atoms with Gasteiger partial charge in [0, 0.05) is 13.0 Å². The Balaban J connectivity index is 1.65. The van der Waals surface area contributed by atoms with Gasteiger partial charge in [0.15, 0.2) is 5.82 Å². The van der Waals surface area contributed by atoms with Crippen molar-refractivity contribution in [1.29, 1.82) is 0 Å². The van der Waals surface area contributed by atoms with Crippen molar-refractivity contribution in [2.45, 2.75) is 45.8 Å². The third kappa shape index (κ3) is 2.95. The predicted molar refractivity (Wildman–Crippen MR) is 73.1 cm³/mol. The summed E-state index contributed by atoms with van der Waals surface area (Å²) in [6, 6.07) is 8.06. The Hall–Kier alpha value is -1.84. The summed E-state index contributed by atoms with van der Waals surface area (Å²) >= 11 is 0. The van der Waals surface area contributed by atoms with Crippen LogP contribution < -0.4 is 4.74 Å². The minimum absolute atomic E-state index is 0.447. The fraction of sp³-hybridized carbons (Fsp3) is 0.467. The standard InChI is InChI=1S/C15H19N3O/c1-12-6-8-13(9-7-12)19-11-14-16-15-5-3-2-4-10-18(15)17-14/h6-9H,2-5,10-11H2,1H3. The summed E-state index contributed by atoms with van der Waals surface area (Å²) in [4.78, 5) is 4.57. The summed E-state index contributed by atoms with van der Waals surface area (Å²) < 4.78 is 7.76. The largest absolute Gasteiger partial charge is 0.486 e. The van der Waals surface area contributed by atoms with Gasteiger partial charge in [-0.3, -0.25) is 0 Å². The molecule has 0 unspecified atom stereocenters. The lowest BCUT2D eigenvalue weighted by Gasteiger charge is -2.03. The normalized spacial score (nSPS) is 14.8. The SMILES string of the molecule is Cc1ccc(OCc2nc3n(n2)CCCCC3)cc1. The average Bonchev–Trinajstić information content (AvgIpc) is 2.68. The van der Waals surface area contributed by atoms with Crippen LogP contribution >= 0.6 is 0 Å². The zero-order chi connectivity index (χ0) is 13.1. The van der Waals surface area contributed by atoms with E-state index in [9.17, 15) is 0 Å². The van der Waals surface area contributed by atoms with Crippen molar-refractivity contribution in [3.63, 3.8) is 0 Å². The van der Waals surface area contributed by atoms with Crippen LogP contribution in [-0.4, -0.2) is 14.8 Å². The molecule has 0 saturated carbocycles. The molecule has 2 aromatic rings. The quantitative estimate of drug-likeness (QED) is 0.848. The third-order valence-electron chi connectivity index (χ3n) is 3.45. The van der Waals surface area contributed by atoms with Gasteiger partial charge in [0.05, 0.1) is 0 Å². The molecule has 1 aromatic heterocycles. The first kappa shape index (κ1) is 12.2. The molecular weight excluding hydrogens is 238 g/mol. The lowest BCUT2D eigenvalue weighted by atomic mass is 10.2. The van der Waals surface area contributed by atoms with Crippen LogP contribution in [0.15, 0.2) is 24.3 Å². The van der Waals surface area contributed by atoms with Crippen molar-refractivity contribution < 1.29 is 4.74 Å². The van der Waals surface area contributed by atoms with E-state index in [0.29, 0.717) is 6.61 Å². The van der Waals surface area contributed by atoms with Gasteiger partial charge in [-0.25, -0.2) is 9.67 Å². The first-order chi connectivity index (χ1) is 9.31. The van der Waals surface area contributed by atoms with Crippen molar-refractivity contribution in [3.8, 4) is 5.75 Å². The van der Waals surface area contributed by atoms with Gasteiger partial charge in [-0.05, 0) is 31.9 Å². The van der Waals surface area contributed by atoms with E-state index in [1.807, 2.05) is 28.9 Å². The maximum absolute atomic E-state index is 5.72. The van der Waals surface area contributed by atoms with E-state index in [4.69, 9.17) is 4.74 Å². The van der Waals surface area contributed by atoms with Gasteiger partial charge in [0.1, 0.15) is 18.2 Å². The van der Waals surface area contributed by atoms with Gasteiger partial charge < -0.3 is 4.74 Å². The van der Waals surface area contributed by atoms with Crippen LogP contribution in [0.4, 0.5) is 0 Å². The van der Waals surface area contributed by atoms with Gasteiger partial charge in [-0.2, -0.15) is 5.10 Å². The van der Waals surface area contributed by atoms with E-state index in [1.54, 1.807) is 0 Å². The number of ether oxygens (including phenoxy) is 1. The summed E-state index contributed by atoms with van der Waals surface area (Å²) in [6.07, 6.45) is 4.74. The number of fused-ring (bicyclic) bond motifs is 1. The number of benzene rings is 1. The molecule has 4 heteroatoms. The van der Waals surface area contributed by atoms with Gasteiger partial charge in [-0.15, -0.1) is 0 Å². The van der Waals surface area contributed by atoms with E-state index in [2.05, 4.69) is 17.0 Å². The molecule has 0 aliphatic carbocycles. The summed E-state index contributed by atoms with van der Waals surface area (Å²) in [5.41, 5.74) is 1.24. The lowest BCUT2D eigenvalue weighted by Crippen LogP contribution is -2.03. The van der Waals surface area contributed by atoms with Crippen LogP contribution in [0.3, 0.4) is 0 Å². The van der Waals surface area contributed by atoms with Crippen LogP contribution in [0.1, 0.15) is 36.5 Å². The molecule has 0 atom stereocenters. The Bertz CT molecular complexity index is 522. The van der Waals surface area contributed by atoms with E-state index in [1.165, 1.54) is 24.8 Å². The van der Waals surface area contributed by atoms with E-state index >= 15 is 0 Å². The first-order valence-corrected chi connectivity index (χ1v) is 6.93. The topological polar surface area (TPSA) is 39.9 Å². The Kier molecular flexibility index (Phi) is 3.49. The van der Waals surface area contributed by atoms with E-state index in [-0.39, 0.29) is 0 Å². The molecule has 2 heterocycles. The van der Waals surface area contributed by atoms with Crippen molar-refractivity contribution in [2.24, 2.45) is 0 Å². The Morgan fingerprint density at radius 2 is 2.00 bits per heavy atom. The molecule has 0 spiro atoms. The summed E-state index contributed by atoms with van der Waals surface area (Å²) in [6.45, 7) is 3.51. The average molecular weight is 257 g/mol. The van der Waals surface area contributed by atoms with Crippen molar-refractivity contribution >= 4 is 0 Å². The molecule has 1 aromatic carbocycles. The highest BCUT2D eigenvalue weighted by Crippen LogP contribution is 2.15. The summed E-state index contributed by atoms with van der Waals surface area (Å²) in [5.74, 6) is 2.77. The lowest BCUT2D eigenvalue weighted by molar-refractivity contribution is 0.294. The monoisotopic (exact) mass is 257 g/mol. The second kappa shape index (κ2) is 5.43. The molecule has 100 valence electrons. The first-order valence-electron chi connectivity index (χ1n) is 6.93. The molecule has 0 N–H and O–H groups in total. The second-order valence-electron chi connectivity index (χ2n) is 5.08. The second-order valence-corrected chi connectivity index (χ2v) is 5.08. The highest BCUT2D eigenvalue weighted by molar-refractivity contribution is 5.26. The van der Waals surface area contributed by atoms with Gasteiger partial charge in [0.25, 0.3) is 0 Å². The van der Waals surface area contributed by atoms with Crippen molar-refractivity contribution in [1.82, 2.24) is 14.8 Å². The smallest absolute Gasteiger partial charge is 0.188 e. The fourth-order valence-electron chi connectivity index (χ4n) is 2.36. The number of aryl methyl sites for hydroxylation is 3. The molecule has 0 bridgehead atoms. The van der Waals surface area contributed by atoms with Gasteiger partial charge in [-0.1, -0.05) is 24.1 Å². The molecule has 1 aliphatic rings. The molecule has 0 fully saturated rings. The molecule has 1 aliphatic heterocycles. The zero-order valence-electron chi connectivity index (χ0n) is 11.3. The molecule has 19 heavy (non-hydrogen) atoms. The number of aromatic nitrogens is 3. The molecule has 0 saturated heterocycles. The molecular formula is C15H19N3O. The van der Waals surface area contributed by atoms with Crippen molar-refractivity contribution in [3.05, 3.63) is 41.5 Å². The minimum Gasteiger partial charge on any atom is -0.486 e. The number of hydrogen-bond acceptors (Lipinski definition) is 3. The van der Waals surface area contributed by atoms with Crippen LogP contribution in [0.5, 0.6) is 5.75 Å². The Labute approximate surface area is 113 Å². The minimum atomic E-state index is 0.447. The van der Waals surface area contributed by atoms with Crippen LogP contribution in [0, 0.1) is 6.92 Å². The molecule has 3 rings (SSSR count). The van der Waals surface area contributed by atoms with E-state index < -0.39 is 0 Å². The predicted octanol–water partition coefficient (Wildman–Crippen LogP) is 2.89. The third-order valence-corrected chi connectivity index (χ3v) is 3.45. The molecule has 0 amide bonds. The Morgan fingerprint density at radius 1 is 1.16 bits per heavy atom. The van der Waals surface area contributed by atoms with Crippen LogP contribution in [0.2, 0.25) is 0 Å². The number of nitrogens with zero attached hydrogens (tertiary/aromatic N) is 3. The highest BCUT2D eigenvalue weighted by atomic mass is 16.5. The number of rotatable bonds is 3. The summed E-state index contributed by atoms with van der Waals surface area (Å²) in [5, 5.41) is 4.52. The molecule has 0 radical (unpaired) electrons. The fourth-order valence-corrected chi connectivity index (χ4v) is 2.36.